The molecule has 3 aromatic carbocycles. The standard InChI is InChI=1S/C32H31N5O6/c38-29(23-12-17-26(18-13-23)33-30(39)10-6-1-2-7-11-31(40)35-41)21-16-25-22-36(27-8-4-3-5-9-27)34-32(25)24-14-19-28(20-15-24)37(42)43/h3-5,8-9,12-22,41H,1-2,6-7,10-11H2,(H,33,39)(H,35,40)/b21-16+. The van der Waals surface area contributed by atoms with E-state index in [1.165, 1.54) is 18.2 Å². The minimum Gasteiger partial charge on any atom is -0.326 e. The molecule has 11 nitrogen and oxygen atoms in total. The molecule has 0 saturated heterocycles. The van der Waals surface area contributed by atoms with Crippen molar-refractivity contribution in [3.63, 3.8) is 0 Å². The van der Waals surface area contributed by atoms with E-state index < -0.39 is 10.8 Å². The number of amides is 2. The maximum absolute atomic E-state index is 13.0. The third-order valence-electron chi connectivity index (χ3n) is 6.66. The quantitative estimate of drug-likeness (QED) is 0.0404. The highest BCUT2D eigenvalue weighted by molar-refractivity contribution is 6.07. The number of nitrogens with zero attached hydrogens (tertiary/aromatic N) is 3. The smallest absolute Gasteiger partial charge is 0.269 e. The average Bonchev–Trinajstić information content (AvgIpc) is 3.46. The Morgan fingerprint density at radius 1 is 0.860 bits per heavy atom. The van der Waals surface area contributed by atoms with Crippen LogP contribution < -0.4 is 10.8 Å². The van der Waals surface area contributed by atoms with Gasteiger partial charge in [0.15, 0.2) is 5.78 Å². The topological polar surface area (TPSA) is 156 Å². The lowest BCUT2D eigenvalue weighted by molar-refractivity contribution is -0.384. The molecule has 0 fully saturated rings. The Hall–Kier alpha value is -5.42. The van der Waals surface area contributed by atoms with Gasteiger partial charge in [0.2, 0.25) is 11.8 Å². The number of nitrogens with one attached hydrogen (secondary N) is 2. The zero-order valence-electron chi connectivity index (χ0n) is 23.3. The van der Waals surface area contributed by atoms with Crippen LogP contribution in [0.5, 0.6) is 0 Å². The van der Waals surface area contributed by atoms with Crippen LogP contribution in [-0.2, 0) is 9.59 Å². The summed E-state index contributed by atoms with van der Waals surface area (Å²) in [6.45, 7) is 0. The summed E-state index contributed by atoms with van der Waals surface area (Å²) in [6.07, 6.45) is 8.39. The first kappa shape index (κ1) is 30.5. The fraction of sp³-hybridized carbons (Fsp3) is 0.188. The lowest BCUT2D eigenvalue weighted by atomic mass is 10.1. The molecule has 0 aliphatic heterocycles. The number of carbonyl (C=O) groups excluding carboxylic acids is 3. The maximum Gasteiger partial charge on any atom is 0.269 e. The first-order chi connectivity index (χ1) is 20.8. The van der Waals surface area contributed by atoms with Crippen LogP contribution in [0.3, 0.4) is 0 Å². The van der Waals surface area contributed by atoms with Crippen LogP contribution in [0.1, 0.15) is 54.4 Å². The molecule has 0 atom stereocenters. The third kappa shape index (κ3) is 8.78. The summed E-state index contributed by atoms with van der Waals surface area (Å²) in [5, 5.41) is 27.1. The van der Waals surface area contributed by atoms with E-state index in [0.717, 1.165) is 18.5 Å². The number of hydrogen-bond donors (Lipinski definition) is 3. The average molecular weight is 582 g/mol. The monoisotopic (exact) mass is 581 g/mol. The van der Waals surface area contributed by atoms with Gasteiger partial charge in [-0.25, -0.2) is 10.2 Å². The minimum absolute atomic E-state index is 0.0276. The molecule has 1 heterocycles. The Kier molecular flexibility index (Phi) is 10.6. The number of ketones is 1. The number of anilines is 1. The van der Waals surface area contributed by atoms with Gasteiger partial charge in [-0.15, -0.1) is 0 Å². The molecule has 43 heavy (non-hydrogen) atoms. The van der Waals surface area contributed by atoms with Gasteiger partial charge in [-0.3, -0.25) is 29.7 Å². The van der Waals surface area contributed by atoms with E-state index in [9.17, 15) is 24.5 Å². The van der Waals surface area contributed by atoms with Crippen molar-refractivity contribution in [1.82, 2.24) is 15.3 Å². The Balaban J connectivity index is 1.39. The van der Waals surface area contributed by atoms with Gasteiger partial charge in [0.1, 0.15) is 0 Å². The SMILES string of the molecule is O=C(CCCCCCC(=O)Nc1ccc(C(=O)/C=C/c2cn(-c3ccccc3)nc2-c2ccc([N+](=O)[O-])cc2)cc1)NO. The zero-order valence-corrected chi connectivity index (χ0v) is 23.3. The Labute approximate surface area is 248 Å². The van der Waals surface area contributed by atoms with E-state index >= 15 is 0 Å². The van der Waals surface area contributed by atoms with E-state index in [0.29, 0.717) is 47.3 Å². The number of nitro groups is 1. The number of non-ortho nitro benzene ring substituents is 1. The highest BCUT2D eigenvalue weighted by atomic mass is 16.6. The van der Waals surface area contributed by atoms with Crippen LogP contribution >= 0.6 is 0 Å². The van der Waals surface area contributed by atoms with Crippen molar-refractivity contribution < 1.29 is 24.5 Å². The molecule has 4 rings (SSSR count). The summed E-state index contributed by atoms with van der Waals surface area (Å²) in [6, 6.07) is 22.2. The Morgan fingerprint density at radius 3 is 2.14 bits per heavy atom. The van der Waals surface area contributed by atoms with Gasteiger partial charge in [-0.2, -0.15) is 5.10 Å². The first-order valence-corrected chi connectivity index (χ1v) is 13.8. The summed E-state index contributed by atoms with van der Waals surface area (Å²) >= 11 is 0. The van der Waals surface area contributed by atoms with E-state index in [2.05, 4.69) is 10.4 Å². The second-order valence-corrected chi connectivity index (χ2v) is 9.79. The molecular weight excluding hydrogens is 550 g/mol. The Bertz CT molecular complexity index is 1600. The Morgan fingerprint density at radius 2 is 1.51 bits per heavy atom. The van der Waals surface area contributed by atoms with Crippen LogP contribution in [0.25, 0.3) is 23.0 Å². The second-order valence-electron chi connectivity index (χ2n) is 9.79. The predicted octanol–water partition coefficient (Wildman–Crippen LogP) is 6.13. The van der Waals surface area contributed by atoms with Gasteiger partial charge in [-0.1, -0.05) is 31.0 Å². The molecule has 2 amide bonds. The predicted molar refractivity (Wildman–Crippen MR) is 162 cm³/mol. The zero-order chi connectivity index (χ0) is 30.6. The lowest BCUT2D eigenvalue weighted by Crippen LogP contribution is -2.17. The number of aromatic nitrogens is 2. The van der Waals surface area contributed by atoms with Crippen molar-refractivity contribution in [2.24, 2.45) is 0 Å². The van der Waals surface area contributed by atoms with Gasteiger partial charge in [-0.05, 0) is 73.5 Å². The van der Waals surface area contributed by atoms with E-state index in [1.54, 1.807) is 58.8 Å². The largest absolute Gasteiger partial charge is 0.326 e. The van der Waals surface area contributed by atoms with Gasteiger partial charge in [0, 0.05) is 53.5 Å². The number of para-hydroxylation sites is 1. The molecule has 0 spiro atoms. The summed E-state index contributed by atoms with van der Waals surface area (Å²) in [4.78, 5) is 46.8. The molecule has 3 N–H and O–H groups in total. The van der Waals surface area contributed by atoms with Crippen LogP contribution in [0, 0.1) is 10.1 Å². The van der Waals surface area contributed by atoms with Crippen molar-refractivity contribution in [2.45, 2.75) is 38.5 Å². The van der Waals surface area contributed by atoms with Gasteiger partial charge in [0.25, 0.3) is 5.69 Å². The molecule has 0 aliphatic rings. The van der Waals surface area contributed by atoms with Crippen LogP contribution in [0.2, 0.25) is 0 Å². The van der Waals surface area contributed by atoms with Gasteiger partial charge < -0.3 is 5.32 Å². The number of rotatable bonds is 14. The number of allylic oxidation sites excluding steroid dienone is 1. The number of hydrogen-bond acceptors (Lipinski definition) is 7. The summed E-state index contributed by atoms with van der Waals surface area (Å²) in [7, 11) is 0. The van der Waals surface area contributed by atoms with Gasteiger partial charge in [0.05, 0.1) is 16.3 Å². The molecular formula is C32H31N5O6. The number of benzene rings is 3. The molecule has 220 valence electrons. The number of unbranched alkanes of at least 4 members (excludes halogenated alkanes) is 3. The van der Waals surface area contributed by atoms with Crippen molar-refractivity contribution in [3.8, 4) is 16.9 Å². The van der Waals surface area contributed by atoms with Gasteiger partial charge >= 0.3 is 0 Å². The van der Waals surface area contributed by atoms with Crippen LogP contribution in [-0.4, -0.2) is 37.5 Å². The first-order valence-electron chi connectivity index (χ1n) is 13.8. The lowest BCUT2D eigenvalue weighted by Gasteiger charge is -2.06. The number of nitro benzene ring substituents is 1. The van der Waals surface area contributed by atoms with Crippen molar-refractivity contribution >= 4 is 35.0 Å². The molecule has 4 aromatic rings. The summed E-state index contributed by atoms with van der Waals surface area (Å²) < 4.78 is 1.69. The third-order valence-corrected chi connectivity index (χ3v) is 6.66. The molecule has 0 unspecified atom stereocenters. The minimum atomic E-state index is -0.463. The van der Waals surface area contributed by atoms with E-state index in [4.69, 9.17) is 5.21 Å². The van der Waals surface area contributed by atoms with Crippen molar-refractivity contribution in [1.29, 1.82) is 0 Å². The highest BCUT2D eigenvalue weighted by Gasteiger charge is 2.13. The molecule has 0 bridgehead atoms. The molecule has 11 heteroatoms. The number of hydroxylamine groups is 1. The summed E-state index contributed by atoms with van der Waals surface area (Å²) in [5.74, 6) is -0.794. The van der Waals surface area contributed by atoms with Crippen LogP contribution in [0.15, 0.2) is 91.1 Å². The fourth-order valence-corrected chi connectivity index (χ4v) is 4.37. The molecule has 0 saturated carbocycles. The highest BCUT2D eigenvalue weighted by Crippen LogP contribution is 2.27. The van der Waals surface area contributed by atoms with E-state index in [-0.39, 0.29) is 23.8 Å². The van der Waals surface area contributed by atoms with Crippen molar-refractivity contribution in [2.75, 3.05) is 5.32 Å². The molecule has 1 aromatic heterocycles. The number of carbonyl (C=O) groups is 3. The maximum atomic E-state index is 13.0. The normalized spacial score (nSPS) is 10.9. The van der Waals surface area contributed by atoms with E-state index in [1.807, 2.05) is 30.3 Å². The summed E-state index contributed by atoms with van der Waals surface area (Å²) in [5.41, 5.74) is 5.30. The van der Waals surface area contributed by atoms with Crippen molar-refractivity contribution in [3.05, 3.63) is 112 Å². The van der Waals surface area contributed by atoms with Crippen LogP contribution in [0.4, 0.5) is 11.4 Å². The second kappa shape index (κ2) is 15.0. The molecule has 0 radical (unpaired) electrons. The fourth-order valence-electron chi connectivity index (χ4n) is 4.37. The molecule has 0 aliphatic carbocycles.